The zero-order valence-corrected chi connectivity index (χ0v) is 6.29. The monoisotopic (exact) mass is 138 g/mol. The summed E-state index contributed by atoms with van der Waals surface area (Å²) in [6.07, 6.45) is 0. The molecule has 1 nitrogen and oxygen atoms in total. The van der Waals surface area contributed by atoms with Gasteiger partial charge in [0, 0.05) is 0 Å². The smallest absolute Gasteiger partial charge is 0.169 e. The number of Topliss-reactive ketones (excluding diaryl/α,β-unsaturated/α-hetero) is 1. The van der Waals surface area contributed by atoms with Crippen LogP contribution in [-0.4, -0.2) is 13.6 Å². The number of hydrogen-bond acceptors (Lipinski definition) is 2. The number of carbonyl (C=O) groups is 1. The fraction of sp³-hybridized carbons (Fsp3) is 0.167. The molecule has 0 saturated heterocycles. The van der Waals surface area contributed by atoms with Crippen molar-refractivity contribution in [2.24, 2.45) is 0 Å². The van der Waals surface area contributed by atoms with E-state index in [0.29, 0.717) is 0 Å². The van der Waals surface area contributed by atoms with E-state index in [0.717, 1.165) is 4.88 Å². The Labute approximate surface area is 59.1 Å². The highest BCUT2D eigenvalue weighted by molar-refractivity contribution is 7.13. The van der Waals surface area contributed by atoms with Crippen LogP contribution in [-0.2, 0) is 0 Å². The van der Waals surface area contributed by atoms with Gasteiger partial charge >= 0.3 is 0 Å². The predicted molar refractivity (Wildman–Crippen MR) is 42.5 cm³/mol. The van der Waals surface area contributed by atoms with Crippen LogP contribution >= 0.6 is 11.3 Å². The molecule has 0 bridgehead atoms. The first-order chi connectivity index (χ1) is 4.20. The molecule has 0 atom stereocenters. The lowest BCUT2D eigenvalue weighted by atomic mass is 10.0. The van der Waals surface area contributed by atoms with E-state index in [9.17, 15) is 4.79 Å². The second kappa shape index (κ2) is 2.35. The summed E-state index contributed by atoms with van der Waals surface area (Å²) in [7, 11) is 1.99. The summed E-state index contributed by atoms with van der Waals surface area (Å²) in [5.74, 6) is 0.160. The zero-order valence-electron chi connectivity index (χ0n) is 5.47. The Morgan fingerprint density at radius 1 is 1.78 bits per heavy atom. The SMILES string of the molecule is Bc1csc(C(C)=O)c1. The zero-order chi connectivity index (χ0) is 6.85. The summed E-state index contributed by atoms with van der Waals surface area (Å²) >= 11 is 1.51. The van der Waals surface area contributed by atoms with Crippen LogP contribution in [0.3, 0.4) is 0 Å². The van der Waals surface area contributed by atoms with Crippen molar-refractivity contribution in [1.29, 1.82) is 0 Å². The predicted octanol–water partition coefficient (Wildman–Crippen LogP) is 0.209. The summed E-state index contributed by atoms with van der Waals surface area (Å²) in [4.78, 5) is 11.5. The third kappa shape index (κ3) is 1.42. The van der Waals surface area contributed by atoms with Crippen molar-refractivity contribution in [2.45, 2.75) is 6.92 Å². The van der Waals surface area contributed by atoms with Gasteiger partial charge in [-0.15, -0.1) is 11.3 Å². The van der Waals surface area contributed by atoms with Crippen LogP contribution in [0, 0.1) is 0 Å². The van der Waals surface area contributed by atoms with Crippen molar-refractivity contribution in [2.75, 3.05) is 0 Å². The Kier molecular flexibility index (Phi) is 1.71. The van der Waals surface area contributed by atoms with Crippen LogP contribution in [0.15, 0.2) is 11.4 Å². The quantitative estimate of drug-likeness (QED) is 0.400. The highest BCUT2D eigenvalue weighted by atomic mass is 32.1. The Bertz CT molecular complexity index is 229. The van der Waals surface area contributed by atoms with E-state index in [4.69, 9.17) is 0 Å². The Morgan fingerprint density at radius 2 is 2.44 bits per heavy atom. The van der Waals surface area contributed by atoms with Crippen molar-refractivity contribution in [3.63, 3.8) is 0 Å². The van der Waals surface area contributed by atoms with Crippen LogP contribution < -0.4 is 5.46 Å². The molecular weight excluding hydrogens is 131 g/mol. The maximum absolute atomic E-state index is 10.7. The van der Waals surface area contributed by atoms with E-state index in [1.807, 2.05) is 19.3 Å². The van der Waals surface area contributed by atoms with Gasteiger partial charge in [0.25, 0.3) is 0 Å². The van der Waals surface area contributed by atoms with Gasteiger partial charge in [-0.25, -0.2) is 0 Å². The summed E-state index contributed by atoms with van der Waals surface area (Å²) < 4.78 is 0. The van der Waals surface area contributed by atoms with Gasteiger partial charge in [-0.05, 0) is 18.4 Å². The second-order valence-electron chi connectivity index (χ2n) is 2.04. The molecular formula is C6H7BOS. The molecule has 0 aliphatic heterocycles. The van der Waals surface area contributed by atoms with Gasteiger partial charge in [-0.2, -0.15) is 0 Å². The number of thiophene rings is 1. The van der Waals surface area contributed by atoms with Gasteiger partial charge in [0.1, 0.15) is 7.85 Å². The van der Waals surface area contributed by atoms with Crippen LogP contribution in [0.2, 0.25) is 0 Å². The Balaban J connectivity index is 2.98. The minimum Gasteiger partial charge on any atom is -0.294 e. The average Bonchev–Trinajstić information content (AvgIpc) is 2.14. The molecule has 1 aromatic rings. The lowest BCUT2D eigenvalue weighted by molar-refractivity contribution is 0.102. The molecule has 0 saturated carbocycles. The standard InChI is InChI=1S/C6H7BOS/c1-4(8)6-2-5(7)3-9-6/h2-3H,7H2,1H3. The van der Waals surface area contributed by atoms with Crippen molar-refractivity contribution < 1.29 is 4.79 Å². The molecule has 0 unspecified atom stereocenters. The molecule has 3 heteroatoms. The first-order valence-electron chi connectivity index (χ1n) is 2.76. The van der Waals surface area contributed by atoms with Gasteiger partial charge in [0.15, 0.2) is 5.78 Å². The molecule has 0 aliphatic rings. The van der Waals surface area contributed by atoms with Gasteiger partial charge in [0.2, 0.25) is 0 Å². The van der Waals surface area contributed by atoms with E-state index >= 15 is 0 Å². The van der Waals surface area contributed by atoms with Crippen LogP contribution in [0.4, 0.5) is 0 Å². The van der Waals surface area contributed by atoms with E-state index in [1.54, 1.807) is 6.92 Å². The van der Waals surface area contributed by atoms with Crippen molar-refractivity contribution >= 4 is 30.4 Å². The van der Waals surface area contributed by atoms with Crippen molar-refractivity contribution in [3.8, 4) is 0 Å². The minimum absolute atomic E-state index is 0.160. The topological polar surface area (TPSA) is 17.1 Å². The van der Waals surface area contributed by atoms with Crippen LogP contribution in [0.1, 0.15) is 16.6 Å². The number of ketones is 1. The molecule has 1 aromatic heterocycles. The number of rotatable bonds is 1. The van der Waals surface area contributed by atoms with Crippen molar-refractivity contribution in [1.82, 2.24) is 0 Å². The summed E-state index contributed by atoms with van der Waals surface area (Å²) in [5.41, 5.74) is 1.17. The lowest BCUT2D eigenvalue weighted by Gasteiger charge is -1.80. The van der Waals surface area contributed by atoms with Gasteiger partial charge in [0.05, 0.1) is 4.88 Å². The largest absolute Gasteiger partial charge is 0.294 e. The van der Waals surface area contributed by atoms with Gasteiger partial charge in [-0.3, -0.25) is 4.79 Å². The maximum atomic E-state index is 10.7. The molecule has 0 spiro atoms. The number of carbonyl (C=O) groups excluding carboxylic acids is 1. The fourth-order valence-electron chi connectivity index (χ4n) is 0.616. The second-order valence-corrected chi connectivity index (χ2v) is 2.96. The van der Waals surface area contributed by atoms with E-state index in [-0.39, 0.29) is 5.78 Å². The average molecular weight is 138 g/mol. The Hall–Kier alpha value is -0.565. The molecule has 0 radical (unpaired) electrons. The minimum atomic E-state index is 0.160. The molecule has 0 amide bonds. The molecule has 1 rings (SSSR count). The molecule has 9 heavy (non-hydrogen) atoms. The molecule has 0 N–H and O–H groups in total. The highest BCUT2D eigenvalue weighted by Gasteiger charge is 1.99. The number of hydrogen-bond donors (Lipinski definition) is 0. The maximum Gasteiger partial charge on any atom is 0.169 e. The summed E-state index contributed by atoms with van der Waals surface area (Å²) in [6.45, 7) is 1.59. The third-order valence-corrected chi connectivity index (χ3v) is 2.23. The first-order valence-corrected chi connectivity index (χ1v) is 3.64. The van der Waals surface area contributed by atoms with Gasteiger partial charge in [-0.1, -0.05) is 5.46 Å². The van der Waals surface area contributed by atoms with E-state index in [1.165, 1.54) is 16.8 Å². The van der Waals surface area contributed by atoms with E-state index < -0.39 is 0 Å². The van der Waals surface area contributed by atoms with Crippen LogP contribution in [0.25, 0.3) is 0 Å². The molecule has 0 fully saturated rings. The molecule has 0 aliphatic carbocycles. The Morgan fingerprint density at radius 3 is 2.67 bits per heavy atom. The van der Waals surface area contributed by atoms with Crippen LogP contribution in [0.5, 0.6) is 0 Å². The molecule has 46 valence electrons. The highest BCUT2D eigenvalue weighted by Crippen LogP contribution is 2.05. The summed E-state index contributed by atoms with van der Waals surface area (Å²) in [6, 6.07) is 1.91. The first kappa shape index (κ1) is 6.55. The lowest BCUT2D eigenvalue weighted by Crippen LogP contribution is -1.95. The van der Waals surface area contributed by atoms with E-state index in [2.05, 4.69) is 0 Å². The van der Waals surface area contributed by atoms with Gasteiger partial charge < -0.3 is 0 Å². The summed E-state index contributed by atoms with van der Waals surface area (Å²) in [5, 5.41) is 1.98. The fourth-order valence-corrected chi connectivity index (χ4v) is 1.42. The third-order valence-electron chi connectivity index (χ3n) is 1.08. The molecule has 0 aromatic carbocycles. The van der Waals surface area contributed by atoms with Crippen molar-refractivity contribution in [3.05, 3.63) is 16.3 Å². The normalized spacial score (nSPS) is 9.44. The molecule has 1 heterocycles.